The first kappa shape index (κ1) is 21.9. The summed E-state index contributed by atoms with van der Waals surface area (Å²) in [7, 11) is -3.25. The van der Waals surface area contributed by atoms with Crippen molar-refractivity contribution in [2.75, 3.05) is 24.2 Å². The van der Waals surface area contributed by atoms with Crippen LogP contribution < -0.4 is 9.64 Å². The molecule has 174 valence electrons. The molecule has 0 radical (unpaired) electrons. The summed E-state index contributed by atoms with van der Waals surface area (Å²) in [5.41, 5.74) is 2.89. The lowest BCUT2D eigenvalue weighted by atomic mass is 9.89. The maximum absolute atomic E-state index is 11.7. The third kappa shape index (κ3) is 4.46. The van der Waals surface area contributed by atoms with Crippen LogP contribution in [0.1, 0.15) is 44.0 Å². The molecule has 1 saturated heterocycles. The van der Waals surface area contributed by atoms with E-state index >= 15 is 0 Å². The first-order valence-corrected chi connectivity index (χ1v) is 13.2. The van der Waals surface area contributed by atoms with Gasteiger partial charge in [-0.15, -0.1) is 0 Å². The Kier molecular flexibility index (Phi) is 5.60. The van der Waals surface area contributed by atoms with Gasteiger partial charge >= 0.3 is 6.01 Å². The lowest BCUT2D eigenvalue weighted by molar-refractivity contribution is 0.137. The zero-order valence-corrected chi connectivity index (χ0v) is 19.9. The third-order valence-corrected chi connectivity index (χ3v) is 7.60. The Morgan fingerprint density at radius 2 is 1.91 bits per heavy atom. The number of rotatable bonds is 5. The van der Waals surface area contributed by atoms with Crippen LogP contribution in [-0.2, 0) is 16.3 Å². The van der Waals surface area contributed by atoms with Gasteiger partial charge in [-0.3, -0.25) is 4.98 Å². The van der Waals surface area contributed by atoms with Crippen LogP contribution in [0.3, 0.4) is 0 Å². The maximum Gasteiger partial charge on any atom is 0.324 e. The lowest BCUT2D eigenvalue weighted by Crippen LogP contribution is -2.39. The van der Waals surface area contributed by atoms with Gasteiger partial charge in [0.1, 0.15) is 11.9 Å². The van der Waals surface area contributed by atoms with Crippen LogP contribution >= 0.6 is 0 Å². The first-order chi connectivity index (χ1) is 15.8. The average molecular weight is 469 g/mol. The van der Waals surface area contributed by atoms with Gasteiger partial charge in [0.25, 0.3) is 0 Å². The van der Waals surface area contributed by atoms with Crippen LogP contribution in [0.15, 0.2) is 45.9 Å². The van der Waals surface area contributed by atoms with Crippen molar-refractivity contribution in [1.29, 1.82) is 0 Å². The van der Waals surface area contributed by atoms with E-state index in [2.05, 4.69) is 39.9 Å². The standard InChI is InChI=1S/C24H28N4O4S/c1-15(2)23-26-24(32-27-23)28-10-8-16(9-11-28)22-13-18-12-17(4-7-21(18)31-22)20-6-5-19(14-25-20)33(3,29)30/h4-7,12,14-16,22H,8-11,13H2,1-3H3. The predicted molar refractivity (Wildman–Crippen MR) is 124 cm³/mol. The van der Waals surface area contributed by atoms with Gasteiger partial charge in [-0.25, -0.2) is 8.42 Å². The molecule has 1 fully saturated rings. The van der Waals surface area contributed by atoms with Gasteiger partial charge in [0.2, 0.25) is 0 Å². The molecule has 2 aromatic heterocycles. The van der Waals surface area contributed by atoms with Gasteiger partial charge in [0, 0.05) is 43.4 Å². The van der Waals surface area contributed by atoms with E-state index in [1.807, 2.05) is 12.1 Å². The summed E-state index contributed by atoms with van der Waals surface area (Å²) < 4.78 is 35.1. The van der Waals surface area contributed by atoms with E-state index < -0.39 is 9.84 Å². The number of anilines is 1. The zero-order chi connectivity index (χ0) is 23.2. The van der Waals surface area contributed by atoms with Crippen molar-refractivity contribution in [3.05, 3.63) is 47.9 Å². The molecule has 0 bridgehead atoms. The molecule has 2 aliphatic heterocycles. The Morgan fingerprint density at radius 3 is 2.55 bits per heavy atom. The molecule has 1 unspecified atom stereocenters. The molecule has 4 heterocycles. The maximum atomic E-state index is 11.7. The Hall–Kier alpha value is -2.94. The highest BCUT2D eigenvalue weighted by atomic mass is 32.2. The summed E-state index contributed by atoms with van der Waals surface area (Å²) in [6.45, 7) is 5.87. The number of aromatic nitrogens is 3. The number of sulfone groups is 1. The molecule has 0 amide bonds. The van der Waals surface area contributed by atoms with Gasteiger partial charge in [-0.1, -0.05) is 19.0 Å². The number of pyridine rings is 1. The number of hydrogen-bond donors (Lipinski definition) is 0. The second-order valence-electron chi connectivity index (χ2n) is 9.25. The summed E-state index contributed by atoms with van der Waals surface area (Å²) in [4.78, 5) is 11.3. The summed E-state index contributed by atoms with van der Waals surface area (Å²) in [5.74, 6) is 2.40. The smallest absolute Gasteiger partial charge is 0.324 e. The van der Waals surface area contributed by atoms with Crippen molar-refractivity contribution in [3.63, 3.8) is 0 Å². The Morgan fingerprint density at radius 1 is 1.12 bits per heavy atom. The molecule has 8 nitrogen and oxygen atoms in total. The molecule has 0 N–H and O–H groups in total. The van der Waals surface area contributed by atoms with E-state index in [1.165, 1.54) is 18.0 Å². The monoisotopic (exact) mass is 468 g/mol. The van der Waals surface area contributed by atoms with Gasteiger partial charge in [0.05, 0.1) is 10.6 Å². The normalized spacial score (nSPS) is 19.0. The largest absolute Gasteiger partial charge is 0.490 e. The summed E-state index contributed by atoms with van der Waals surface area (Å²) in [6, 6.07) is 10.1. The van der Waals surface area contributed by atoms with Gasteiger partial charge in [-0.05, 0) is 54.7 Å². The molecule has 9 heteroatoms. The topological polar surface area (TPSA) is 98.4 Å². The van der Waals surface area contributed by atoms with Crippen LogP contribution in [0.5, 0.6) is 5.75 Å². The summed E-state index contributed by atoms with van der Waals surface area (Å²) in [5, 5.41) is 4.08. The molecule has 2 aliphatic rings. The zero-order valence-electron chi connectivity index (χ0n) is 19.1. The van der Waals surface area contributed by atoms with Crippen LogP contribution in [0.2, 0.25) is 0 Å². The molecule has 0 spiro atoms. The summed E-state index contributed by atoms with van der Waals surface area (Å²) in [6.07, 6.45) is 5.66. The molecular formula is C24H28N4O4S. The Balaban J connectivity index is 1.23. The van der Waals surface area contributed by atoms with E-state index in [0.29, 0.717) is 11.9 Å². The highest BCUT2D eigenvalue weighted by molar-refractivity contribution is 7.90. The van der Waals surface area contributed by atoms with Crippen molar-refractivity contribution >= 4 is 15.9 Å². The van der Waals surface area contributed by atoms with E-state index in [1.54, 1.807) is 12.1 Å². The van der Waals surface area contributed by atoms with Crippen LogP contribution in [-0.4, -0.2) is 49.0 Å². The third-order valence-electron chi connectivity index (χ3n) is 6.50. The minimum Gasteiger partial charge on any atom is -0.490 e. The molecular weight excluding hydrogens is 440 g/mol. The number of piperidine rings is 1. The van der Waals surface area contributed by atoms with Gasteiger partial charge in [-0.2, -0.15) is 4.98 Å². The number of benzene rings is 1. The van der Waals surface area contributed by atoms with Crippen molar-refractivity contribution in [2.45, 2.75) is 50.0 Å². The second-order valence-corrected chi connectivity index (χ2v) is 11.3. The predicted octanol–water partition coefficient (Wildman–Crippen LogP) is 3.88. The number of hydrogen-bond acceptors (Lipinski definition) is 8. The highest BCUT2D eigenvalue weighted by Crippen LogP contribution is 2.37. The number of nitrogens with zero attached hydrogens (tertiary/aromatic N) is 4. The van der Waals surface area contributed by atoms with Crippen LogP contribution in [0.25, 0.3) is 11.3 Å². The van der Waals surface area contributed by atoms with Crippen molar-refractivity contribution in [3.8, 4) is 17.0 Å². The van der Waals surface area contributed by atoms with E-state index in [4.69, 9.17) is 9.26 Å². The fraction of sp³-hybridized carbons (Fsp3) is 0.458. The van der Waals surface area contributed by atoms with E-state index in [0.717, 1.165) is 55.2 Å². The number of fused-ring (bicyclic) bond motifs is 1. The first-order valence-electron chi connectivity index (χ1n) is 11.3. The second kappa shape index (κ2) is 8.44. The molecule has 33 heavy (non-hydrogen) atoms. The molecule has 1 atom stereocenters. The Bertz CT molecular complexity index is 1250. The molecule has 5 rings (SSSR count). The molecule has 1 aromatic carbocycles. The fourth-order valence-corrected chi connectivity index (χ4v) is 5.08. The molecule has 0 saturated carbocycles. The fourth-order valence-electron chi connectivity index (χ4n) is 4.52. The minimum atomic E-state index is -3.25. The van der Waals surface area contributed by atoms with E-state index in [-0.39, 0.29) is 16.9 Å². The van der Waals surface area contributed by atoms with Crippen molar-refractivity contribution in [2.24, 2.45) is 5.92 Å². The summed E-state index contributed by atoms with van der Waals surface area (Å²) >= 11 is 0. The Labute approximate surface area is 193 Å². The lowest BCUT2D eigenvalue weighted by Gasteiger charge is -2.33. The van der Waals surface area contributed by atoms with E-state index in [9.17, 15) is 8.42 Å². The van der Waals surface area contributed by atoms with Gasteiger partial charge in [0.15, 0.2) is 15.7 Å². The van der Waals surface area contributed by atoms with Crippen molar-refractivity contribution in [1.82, 2.24) is 15.1 Å². The van der Waals surface area contributed by atoms with Crippen LogP contribution in [0, 0.1) is 5.92 Å². The highest BCUT2D eigenvalue weighted by Gasteiger charge is 2.34. The molecule has 3 aromatic rings. The van der Waals surface area contributed by atoms with Gasteiger partial charge < -0.3 is 14.2 Å². The molecule has 0 aliphatic carbocycles. The van der Waals surface area contributed by atoms with Crippen LogP contribution in [0.4, 0.5) is 6.01 Å². The van der Waals surface area contributed by atoms with Crippen molar-refractivity contribution < 1.29 is 17.7 Å². The quantitative estimate of drug-likeness (QED) is 0.556. The SMILES string of the molecule is CC(C)c1noc(N2CCC(C3Cc4cc(-c5ccc(S(C)(=O)=O)cn5)ccc4O3)CC2)n1. The number of ether oxygens (including phenoxy) is 1. The minimum absolute atomic E-state index is 0.159. The average Bonchev–Trinajstić information content (AvgIpc) is 3.46.